The number of hydrogen-bond acceptors (Lipinski definition) is 5. The molecule has 0 N–H and O–H groups in total. The Morgan fingerprint density at radius 1 is 1.12 bits per heavy atom. The van der Waals surface area contributed by atoms with Gasteiger partial charge in [-0.1, -0.05) is 11.8 Å². The van der Waals surface area contributed by atoms with Crippen LogP contribution in [0, 0.1) is 6.92 Å². The summed E-state index contributed by atoms with van der Waals surface area (Å²) in [5.41, 5.74) is 1.02. The van der Waals surface area contributed by atoms with Crippen molar-refractivity contribution in [2.45, 2.75) is 17.0 Å². The number of hydrogen-bond donors (Lipinski definition) is 0. The van der Waals surface area contributed by atoms with Crippen LogP contribution in [-0.4, -0.2) is 26.5 Å². The monoisotopic (exact) mass is 263 g/mol. The average Bonchev–Trinajstić information content (AvgIpc) is 2.36. The Kier molecular flexibility index (Phi) is 4.82. The molecule has 2 heterocycles. The largest absolute Gasteiger partial charge is 0.264 e. The first kappa shape index (κ1) is 12.4. The molecule has 0 bridgehead atoms. The predicted octanol–water partition coefficient (Wildman–Crippen LogP) is 3.06. The molecule has 3 nitrogen and oxygen atoms in total. The summed E-state index contributed by atoms with van der Waals surface area (Å²) >= 11 is 3.50. The van der Waals surface area contributed by atoms with Crippen LogP contribution in [0.25, 0.3) is 0 Å². The van der Waals surface area contributed by atoms with E-state index in [0.717, 1.165) is 22.4 Å². The van der Waals surface area contributed by atoms with Gasteiger partial charge in [-0.15, -0.1) is 11.8 Å². The Bertz CT molecular complexity index is 462. The highest BCUT2D eigenvalue weighted by Gasteiger charge is 1.98. The van der Waals surface area contributed by atoms with E-state index in [1.165, 1.54) is 4.90 Å². The lowest BCUT2D eigenvalue weighted by molar-refractivity contribution is 0.933. The van der Waals surface area contributed by atoms with Gasteiger partial charge in [-0.2, -0.15) is 0 Å². The molecule has 0 aliphatic rings. The summed E-state index contributed by atoms with van der Waals surface area (Å²) in [5.74, 6) is 2.04. The quantitative estimate of drug-likeness (QED) is 0.471. The van der Waals surface area contributed by atoms with Gasteiger partial charge in [0.2, 0.25) is 0 Å². The number of nitrogens with zero attached hydrogens (tertiary/aromatic N) is 3. The topological polar surface area (TPSA) is 38.7 Å². The Hall–Kier alpha value is -1.07. The van der Waals surface area contributed by atoms with Gasteiger partial charge >= 0.3 is 0 Å². The van der Waals surface area contributed by atoms with Gasteiger partial charge < -0.3 is 0 Å². The van der Waals surface area contributed by atoms with E-state index in [-0.39, 0.29) is 0 Å². The van der Waals surface area contributed by atoms with E-state index in [9.17, 15) is 0 Å². The molecule has 17 heavy (non-hydrogen) atoms. The van der Waals surface area contributed by atoms with E-state index < -0.39 is 0 Å². The molecule has 0 radical (unpaired) electrons. The molecule has 0 amide bonds. The summed E-state index contributed by atoms with van der Waals surface area (Å²) in [5, 5.41) is 0.858. The van der Waals surface area contributed by atoms with Crippen LogP contribution in [0.5, 0.6) is 0 Å². The van der Waals surface area contributed by atoms with E-state index in [4.69, 9.17) is 0 Å². The summed E-state index contributed by atoms with van der Waals surface area (Å²) in [6.45, 7) is 1.98. The molecule has 0 aliphatic heterocycles. The van der Waals surface area contributed by atoms with Crippen molar-refractivity contribution in [2.75, 3.05) is 11.5 Å². The molecule has 0 aliphatic carbocycles. The second kappa shape index (κ2) is 6.61. The van der Waals surface area contributed by atoms with Gasteiger partial charge in [0.15, 0.2) is 5.16 Å². The van der Waals surface area contributed by atoms with Crippen LogP contribution >= 0.6 is 23.5 Å². The van der Waals surface area contributed by atoms with E-state index in [0.29, 0.717) is 0 Å². The fourth-order valence-electron chi connectivity index (χ4n) is 1.22. The molecule has 0 spiro atoms. The predicted molar refractivity (Wildman–Crippen MR) is 72.5 cm³/mol. The maximum absolute atomic E-state index is 4.35. The van der Waals surface area contributed by atoms with Crippen LogP contribution in [0.4, 0.5) is 0 Å². The Labute approximate surface area is 109 Å². The first-order valence-corrected chi connectivity index (χ1v) is 7.27. The molecule has 0 unspecified atom stereocenters. The van der Waals surface area contributed by atoms with Crippen LogP contribution in [0.15, 0.2) is 46.8 Å². The summed E-state index contributed by atoms with van der Waals surface area (Å²) in [6.07, 6.45) is 5.48. The van der Waals surface area contributed by atoms with Crippen LogP contribution in [0.3, 0.4) is 0 Å². The molecular weight excluding hydrogens is 250 g/mol. The minimum Gasteiger partial charge on any atom is -0.264 e. The van der Waals surface area contributed by atoms with Crippen molar-refractivity contribution in [1.82, 2.24) is 15.0 Å². The van der Waals surface area contributed by atoms with Gasteiger partial charge in [-0.25, -0.2) is 9.97 Å². The number of thioether (sulfide) groups is 2. The fraction of sp³-hybridized carbons (Fsp3) is 0.250. The average molecular weight is 263 g/mol. The van der Waals surface area contributed by atoms with Crippen molar-refractivity contribution in [1.29, 1.82) is 0 Å². The van der Waals surface area contributed by atoms with Gasteiger partial charge in [0, 0.05) is 40.7 Å². The maximum Gasteiger partial charge on any atom is 0.187 e. The van der Waals surface area contributed by atoms with Gasteiger partial charge in [-0.05, 0) is 25.1 Å². The second-order valence-corrected chi connectivity index (χ2v) is 5.60. The van der Waals surface area contributed by atoms with Gasteiger partial charge in [0.05, 0.1) is 0 Å². The highest BCUT2D eigenvalue weighted by molar-refractivity contribution is 8.02. The lowest BCUT2D eigenvalue weighted by Crippen LogP contribution is -1.91. The van der Waals surface area contributed by atoms with Crippen molar-refractivity contribution in [2.24, 2.45) is 0 Å². The maximum atomic E-state index is 4.35. The van der Waals surface area contributed by atoms with Crippen LogP contribution < -0.4 is 0 Å². The zero-order chi connectivity index (χ0) is 11.9. The van der Waals surface area contributed by atoms with Crippen molar-refractivity contribution >= 4 is 23.5 Å². The molecule has 0 saturated carbocycles. The third kappa shape index (κ3) is 4.36. The molecule has 5 heteroatoms. The Morgan fingerprint density at radius 3 is 2.76 bits per heavy atom. The number of rotatable bonds is 5. The van der Waals surface area contributed by atoms with Crippen molar-refractivity contribution in [3.8, 4) is 0 Å². The highest BCUT2D eigenvalue weighted by atomic mass is 32.2. The Morgan fingerprint density at radius 2 is 2.00 bits per heavy atom. The summed E-state index contributed by atoms with van der Waals surface area (Å²) in [7, 11) is 0. The first-order chi connectivity index (χ1) is 8.34. The fourth-order valence-corrected chi connectivity index (χ4v) is 2.96. The lowest BCUT2D eigenvalue weighted by atomic mass is 10.5. The van der Waals surface area contributed by atoms with Gasteiger partial charge in [-0.3, -0.25) is 4.98 Å². The minimum atomic E-state index is 0.858. The van der Waals surface area contributed by atoms with E-state index in [1.54, 1.807) is 35.9 Å². The third-order valence-corrected chi connectivity index (χ3v) is 4.09. The molecule has 88 valence electrons. The summed E-state index contributed by atoms with van der Waals surface area (Å²) < 4.78 is 0. The van der Waals surface area contributed by atoms with Crippen LogP contribution in [0.1, 0.15) is 5.69 Å². The van der Waals surface area contributed by atoms with Crippen molar-refractivity contribution in [3.63, 3.8) is 0 Å². The van der Waals surface area contributed by atoms with E-state index in [1.807, 2.05) is 25.3 Å². The number of pyridine rings is 1. The SMILES string of the molecule is Cc1ccnc(SCCSc2cccnc2)n1. The zero-order valence-electron chi connectivity index (χ0n) is 9.54. The molecule has 0 atom stereocenters. The summed E-state index contributed by atoms with van der Waals surface area (Å²) in [6, 6.07) is 5.94. The number of aryl methyl sites for hydroxylation is 1. The molecule has 2 aromatic rings. The molecule has 0 fully saturated rings. The smallest absolute Gasteiger partial charge is 0.187 e. The molecular formula is C12H13N3S2. The summed E-state index contributed by atoms with van der Waals surface area (Å²) in [4.78, 5) is 13.8. The van der Waals surface area contributed by atoms with Crippen LogP contribution in [0.2, 0.25) is 0 Å². The second-order valence-electron chi connectivity index (χ2n) is 3.37. The van der Waals surface area contributed by atoms with Crippen molar-refractivity contribution < 1.29 is 0 Å². The normalized spacial score (nSPS) is 10.4. The lowest BCUT2D eigenvalue weighted by Gasteiger charge is -2.01. The molecule has 2 aromatic heterocycles. The zero-order valence-corrected chi connectivity index (χ0v) is 11.2. The minimum absolute atomic E-state index is 0.858. The Balaban J connectivity index is 1.73. The molecule has 0 saturated heterocycles. The third-order valence-electron chi connectivity index (χ3n) is 1.99. The molecule has 2 rings (SSSR count). The van der Waals surface area contributed by atoms with E-state index >= 15 is 0 Å². The van der Waals surface area contributed by atoms with E-state index in [2.05, 4.69) is 21.0 Å². The standard InChI is InChI=1S/C12H13N3S2/c1-10-4-6-14-12(15-10)17-8-7-16-11-3-2-5-13-9-11/h2-6,9H,7-8H2,1H3. The number of aromatic nitrogens is 3. The molecule has 0 aromatic carbocycles. The van der Waals surface area contributed by atoms with Gasteiger partial charge in [0.1, 0.15) is 0 Å². The van der Waals surface area contributed by atoms with Gasteiger partial charge in [0.25, 0.3) is 0 Å². The first-order valence-electron chi connectivity index (χ1n) is 5.30. The highest BCUT2D eigenvalue weighted by Crippen LogP contribution is 2.20. The van der Waals surface area contributed by atoms with Crippen molar-refractivity contribution in [3.05, 3.63) is 42.5 Å². The van der Waals surface area contributed by atoms with Crippen LogP contribution in [-0.2, 0) is 0 Å².